The summed E-state index contributed by atoms with van der Waals surface area (Å²) in [6.45, 7) is 1.91. The Morgan fingerprint density at radius 1 is 1.16 bits per heavy atom. The van der Waals surface area contributed by atoms with Crippen LogP contribution in [0, 0.1) is 0 Å². The third kappa shape index (κ3) is 2.82. The van der Waals surface area contributed by atoms with Crippen LogP contribution in [-0.4, -0.2) is 5.11 Å². The fourth-order valence-electron chi connectivity index (χ4n) is 2.12. The molecule has 0 fully saturated rings. The molecule has 2 aromatic rings. The highest BCUT2D eigenvalue weighted by Gasteiger charge is 2.32. The quantitative estimate of drug-likeness (QED) is 0.777. The molecule has 1 nitrogen and oxygen atoms in total. The standard InChI is InChI=1S/C15H13BrCl2O/c1-2-15(19,10-5-3-6-11(16)9-10)12-7-4-8-13(17)14(12)18/h3-9,19H,2H2,1H3. The topological polar surface area (TPSA) is 20.2 Å². The van der Waals surface area contributed by atoms with Crippen LogP contribution in [0.4, 0.5) is 0 Å². The van der Waals surface area contributed by atoms with Crippen LogP contribution in [0.2, 0.25) is 10.0 Å². The van der Waals surface area contributed by atoms with E-state index in [-0.39, 0.29) is 0 Å². The predicted octanol–water partition coefficient (Wildman–Crippen LogP) is 5.40. The Balaban J connectivity index is 2.63. The molecule has 2 aromatic carbocycles. The van der Waals surface area contributed by atoms with E-state index in [1.54, 1.807) is 18.2 Å². The zero-order valence-electron chi connectivity index (χ0n) is 10.3. The number of hydrogen-bond acceptors (Lipinski definition) is 1. The monoisotopic (exact) mass is 358 g/mol. The second-order valence-corrected chi connectivity index (χ2v) is 6.03. The lowest BCUT2D eigenvalue weighted by molar-refractivity contribution is 0.0766. The van der Waals surface area contributed by atoms with Gasteiger partial charge in [-0.05, 0) is 30.2 Å². The minimum Gasteiger partial charge on any atom is -0.380 e. The average molecular weight is 360 g/mol. The molecule has 2 rings (SSSR count). The summed E-state index contributed by atoms with van der Waals surface area (Å²) in [5, 5.41) is 11.9. The third-order valence-electron chi connectivity index (χ3n) is 3.21. The maximum atomic E-state index is 11.0. The molecule has 0 saturated carbocycles. The van der Waals surface area contributed by atoms with Crippen LogP contribution in [0.15, 0.2) is 46.9 Å². The molecule has 1 atom stereocenters. The van der Waals surface area contributed by atoms with E-state index in [1.165, 1.54) is 0 Å². The lowest BCUT2D eigenvalue weighted by Crippen LogP contribution is -2.26. The van der Waals surface area contributed by atoms with Gasteiger partial charge in [-0.1, -0.05) is 70.3 Å². The number of halogens is 3. The Morgan fingerprint density at radius 2 is 1.84 bits per heavy atom. The molecule has 1 N–H and O–H groups in total. The number of benzene rings is 2. The van der Waals surface area contributed by atoms with E-state index in [4.69, 9.17) is 23.2 Å². The Kier molecular flexibility index (Phi) is 4.57. The van der Waals surface area contributed by atoms with Crippen molar-refractivity contribution in [3.8, 4) is 0 Å². The maximum absolute atomic E-state index is 11.0. The molecule has 0 radical (unpaired) electrons. The summed E-state index contributed by atoms with van der Waals surface area (Å²) < 4.78 is 0.912. The molecular weight excluding hydrogens is 347 g/mol. The first-order valence-corrected chi connectivity index (χ1v) is 7.47. The summed E-state index contributed by atoms with van der Waals surface area (Å²) in [4.78, 5) is 0. The van der Waals surface area contributed by atoms with Gasteiger partial charge in [0, 0.05) is 10.0 Å². The summed E-state index contributed by atoms with van der Waals surface area (Å²) in [7, 11) is 0. The highest BCUT2D eigenvalue weighted by Crippen LogP contribution is 2.40. The third-order valence-corrected chi connectivity index (χ3v) is 4.52. The molecule has 0 amide bonds. The fraction of sp³-hybridized carbons (Fsp3) is 0.200. The first-order chi connectivity index (χ1) is 8.99. The van der Waals surface area contributed by atoms with Gasteiger partial charge in [0.25, 0.3) is 0 Å². The number of rotatable bonds is 3. The van der Waals surface area contributed by atoms with Gasteiger partial charge in [0.15, 0.2) is 0 Å². The summed E-state index contributed by atoms with van der Waals surface area (Å²) >= 11 is 15.7. The summed E-state index contributed by atoms with van der Waals surface area (Å²) in [5.74, 6) is 0. The van der Waals surface area contributed by atoms with Gasteiger partial charge in [0.2, 0.25) is 0 Å². The Hall–Kier alpha value is -0.540. The van der Waals surface area contributed by atoms with Crippen molar-refractivity contribution in [1.29, 1.82) is 0 Å². The molecule has 0 spiro atoms. The van der Waals surface area contributed by atoms with E-state index in [1.807, 2.05) is 31.2 Å². The molecule has 100 valence electrons. The lowest BCUT2D eigenvalue weighted by atomic mass is 9.84. The SMILES string of the molecule is CCC(O)(c1cccc(Br)c1)c1cccc(Cl)c1Cl. The second kappa shape index (κ2) is 5.84. The number of hydrogen-bond donors (Lipinski definition) is 1. The zero-order chi connectivity index (χ0) is 14.0. The maximum Gasteiger partial charge on any atom is 0.116 e. The molecule has 0 saturated heterocycles. The van der Waals surface area contributed by atoms with Crippen LogP contribution in [0.25, 0.3) is 0 Å². The zero-order valence-corrected chi connectivity index (χ0v) is 13.4. The highest BCUT2D eigenvalue weighted by atomic mass is 79.9. The normalized spacial score (nSPS) is 14.2. The van der Waals surface area contributed by atoms with E-state index in [0.717, 1.165) is 10.0 Å². The van der Waals surface area contributed by atoms with Crippen molar-refractivity contribution >= 4 is 39.1 Å². The molecule has 0 bridgehead atoms. The molecule has 0 aromatic heterocycles. The molecule has 0 heterocycles. The second-order valence-electron chi connectivity index (χ2n) is 4.33. The molecule has 4 heteroatoms. The van der Waals surface area contributed by atoms with E-state index in [2.05, 4.69) is 15.9 Å². The van der Waals surface area contributed by atoms with E-state index in [0.29, 0.717) is 22.0 Å². The van der Waals surface area contributed by atoms with Crippen molar-refractivity contribution in [2.24, 2.45) is 0 Å². The Bertz CT molecular complexity index is 600. The largest absolute Gasteiger partial charge is 0.380 e. The molecule has 0 aliphatic heterocycles. The van der Waals surface area contributed by atoms with Gasteiger partial charge in [0.1, 0.15) is 5.60 Å². The minimum absolute atomic E-state index is 0.397. The Labute approximate surface area is 131 Å². The average Bonchev–Trinajstić information content (AvgIpc) is 2.41. The molecule has 19 heavy (non-hydrogen) atoms. The van der Waals surface area contributed by atoms with Gasteiger partial charge in [0.05, 0.1) is 10.0 Å². The highest BCUT2D eigenvalue weighted by molar-refractivity contribution is 9.10. The van der Waals surface area contributed by atoms with Gasteiger partial charge < -0.3 is 5.11 Å². The number of aliphatic hydroxyl groups is 1. The van der Waals surface area contributed by atoms with Crippen LogP contribution in [0.5, 0.6) is 0 Å². The molecule has 1 unspecified atom stereocenters. The molecule has 0 aliphatic rings. The first-order valence-electron chi connectivity index (χ1n) is 5.92. The van der Waals surface area contributed by atoms with Crippen LogP contribution < -0.4 is 0 Å². The molecular formula is C15H13BrCl2O. The van der Waals surface area contributed by atoms with Gasteiger partial charge in [-0.25, -0.2) is 0 Å². The van der Waals surface area contributed by atoms with Crippen molar-refractivity contribution in [2.75, 3.05) is 0 Å². The molecule has 0 aliphatic carbocycles. The Morgan fingerprint density at radius 3 is 2.47 bits per heavy atom. The van der Waals surface area contributed by atoms with Crippen LogP contribution in [0.1, 0.15) is 24.5 Å². The minimum atomic E-state index is -1.15. The summed E-state index contributed by atoms with van der Waals surface area (Å²) in [5.41, 5.74) is 0.266. The van der Waals surface area contributed by atoms with E-state index in [9.17, 15) is 5.11 Å². The predicted molar refractivity (Wildman–Crippen MR) is 83.9 cm³/mol. The van der Waals surface area contributed by atoms with Gasteiger partial charge >= 0.3 is 0 Å². The van der Waals surface area contributed by atoms with Crippen molar-refractivity contribution in [3.63, 3.8) is 0 Å². The van der Waals surface area contributed by atoms with Crippen LogP contribution >= 0.6 is 39.1 Å². The van der Waals surface area contributed by atoms with Crippen molar-refractivity contribution in [2.45, 2.75) is 18.9 Å². The first kappa shape index (κ1) is 14.9. The fourth-order valence-corrected chi connectivity index (χ4v) is 2.98. The van der Waals surface area contributed by atoms with E-state index < -0.39 is 5.60 Å². The smallest absolute Gasteiger partial charge is 0.116 e. The summed E-state index contributed by atoms with van der Waals surface area (Å²) in [6, 6.07) is 12.9. The van der Waals surface area contributed by atoms with Crippen molar-refractivity contribution < 1.29 is 5.11 Å². The van der Waals surface area contributed by atoms with Gasteiger partial charge in [-0.15, -0.1) is 0 Å². The van der Waals surface area contributed by atoms with E-state index >= 15 is 0 Å². The van der Waals surface area contributed by atoms with Crippen LogP contribution in [0.3, 0.4) is 0 Å². The lowest BCUT2D eigenvalue weighted by Gasteiger charge is -2.29. The van der Waals surface area contributed by atoms with Gasteiger partial charge in [-0.3, -0.25) is 0 Å². The van der Waals surface area contributed by atoms with Crippen molar-refractivity contribution in [1.82, 2.24) is 0 Å². The van der Waals surface area contributed by atoms with Crippen molar-refractivity contribution in [3.05, 3.63) is 68.1 Å². The van der Waals surface area contributed by atoms with Gasteiger partial charge in [-0.2, -0.15) is 0 Å². The van der Waals surface area contributed by atoms with Crippen LogP contribution in [-0.2, 0) is 5.60 Å². The summed E-state index contributed by atoms with van der Waals surface area (Å²) in [6.07, 6.45) is 0.503.